The normalized spacial score (nSPS) is 17.8. The number of aromatic nitrogens is 2. The van der Waals surface area contributed by atoms with Gasteiger partial charge in [-0.05, 0) is 25.0 Å². The van der Waals surface area contributed by atoms with Crippen LogP contribution >= 0.6 is 0 Å². The maximum Gasteiger partial charge on any atom is 0.269 e. The molecule has 1 N–H and O–H groups in total. The summed E-state index contributed by atoms with van der Waals surface area (Å²) >= 11 is -2.28. The number of rotatable bonds is 7. The molecule has 1 unspecified atom stereocenters. The second-order valence-electron chi connectivity index (χ2n) is 7.97. The lowest BCUT2D eigenvalue weighted by molar-refractivity contribution is 0.0693. The standard InChI is InChI=1S/C21H27N5O5S/c1-24-18(12-17(23-24)14-6-7-14)20(27)22-13-15-4-3-5-16(19(15)31-2)21(28)25-8-10-26(11-9-25)32(29)30/h3-5,12,14H,6-11,13H2,1-2H3,(H,22,27)(H,29,30)/p-1. The van der Waals surface area contributed by atoms with Crippen LogP contribution in [0.2, 0.25) is 0 Å². The van der Waals surface area contributed by atoms with Crippen molar-refractivity contribution in [3.8, 4) is 5.75 Å². The number of para-hydroxylation sites is 1. The molecule has 0 bridgehead atoms. The smallest absolute Gasteiger partial charge is 0.269 e. The van der Waals surface area contributed by atoms with Crippen molar-refractivity contribution < 1.29 is 23.1 Å². The number of aryl methyl sites for hydroxylation is 1. The highest BCUT2D eigenvalue weighted by molar-refractivity contribution is 7.76. The number of hydrogen-bond donors (Lipinski definition) is 1. The summed E-state index contributed by atoms with van der Waals surface area (Å²) in [5.41, 5.74) is 2.50. The summed E-state index contributed by atoms with van der Waals surface area (Å²) in [7, 11) is 3.24. The van der Waals surface area contributed by atoms with Gasteiger partial charge in [0, 0.05) is 62.5 Å². The van der Waals surface area contributed by atoms with Gasteiger partial charge in [-0.1, -0.05) is 12.1 Å². The Hall–Kier alpha value is -2.76. The van der Waals surface area contributed by atoms with Crippen LogP contribution in [0.3, 0.4) is 0 Å². The zero-order valence-corrected chi connectivity index (χ0v) is 18.9. The van der Waals surface area contributed by atoms with E-state index in [-0.39, 0.29) is 31.4 Å². The second-order valence-corrected chi connectivity index (χ2v) is 8.92. The van der Waals surface area contributed by atoms with E-state index in [9.17, 15) is 18.4 Å². The first-order valence-electron chi connectivity index (χ1n) is 10.5. The maximum absolute atomic E-state index is 13.1. The number of ether oxygens (including phenoxy) is 1. The van der Waals surface area contributed by atoms with Crippen molar-refractivity contribution in [2.45, 2.75) is 25.3 Å². The quantitative estimate of drug-likeness (QED) is 0.610. The Morgan fingerprint density at radius 3 is 2.59 bits per heavy atom. The van der Waals surface area contributed by atoms with E-state index in [2.05, 4.69) is 10.4 Å². The molecule has 10 nitrogen and oxygen atoms in total. The van der Waals surface area contributed by atoms with Gasteiger partial charge in [0.2, 0.25) is 0 Å². The Bertz CT molecular complexity index is 1040. The van der Waals surface area contributed by atoms with E-state index in [4.69, 9.17) is 4.74 Å². The highest BCUT2D eigenvalue weighted by Crippen LogP contribution is 2.39. The van der Waals surface area contributed by atoms with E-state index in [0.29, 0.717) is 41.6 Å². The number of nitrogens with one attached hydrogen (secondary N) is 1. The zero-order valence-electron chi connectivity index (χ0n) is 18.1. The third-order valence-corrected chi connectivity index (χ3v) is 6.62. The summed E-state index contributed by atoms with van der Waals surface area (Å²) in [5.74, 6) is 0.386. The molecule has 1 aromatic heterocycles. The van der Waals surface area contributed by atoms with Gasteiger partial charge in [0.15, 0.2) is 0 Å². The van der Waals surface area contributed by atoms with Crippen LogP contribution in [0.4, 0.5) is 0 Å². The largest absolute Gasteiger partial charge is 0.760 e. The number of piperazine rings is 1. The van der Waals surface area contributed by atoms with Gasteiger partial charge in [-0.15, -0.1) is 0 Å². The first kappa shape index (κ1) is 22.4. The van der Waals surface area contributed by atoms with Crippen molar-refractivity contribution in [2.75, 3.05) is 33.3 Å². The molecule has 0 spiro atoms. The van der Waals surface area contributed by atoms with Gasteiger partial charge < -0.3 is 19.5 Å². The maximum atomic E-state index is 13.1. The molecule has 2 aromatic rings. The molecule has 1 aromatic carbocycles. The molecule has 4 rings (SSSR count). The SMILES string of the molecule is COc1c(CNC(=O)c2cc(C3CC3)nn2C)cccc1C(=O)N1CCN(S(=O)[O-])CC1. The molecule has 32 heavy (non-hydrogen) atoms. The van der Waals surface area contributed by atoms with Gasteiger partial charge in [0.25, 0.3) is 11.8 Å². The third-order valence-electron chi connectivity index (χ3n) is 5.83. The molecule has 1 aliphatic heterocycles. The van der Waals surface area contributed by atoms with Gasteiger partial charge in [-0.25, -0.2) is 4.31 Å². The average Bonchev–Trinajstić information content (AvgIpc) is 3.58. The van der Waals surface area contributed by atoms with Gasteiger partial charge in [-0.3, -0.25) is 18.5 Å². The van der Waals surface area contributed by atoms with Gasteiger partial charge >= 0.3 is 0 Å². The van der Waals surface area contributed by atoms with E-state index in [1.807, 2.05) is 6.07 Å². The number of carbonyl (C=O) groups is 2. The Labute approximate surface area is 188 Å². The van der Waals surface area contributed by atoms with Crippen LogP contribution in [0, 0.1) is 0 Å². The fourth-order valence-corrected chi connectivity index (χ4v) is 4.35. The Morgan fingerprint density at radius 2 is 1.97 bits per heavy atom. The second kappa shape index (κ2) is 9.39. The number of carbonyl (C=O) groups excluding carboxylic acids is 2. The van der Waals surface area contributed by atoms with Crippen LogP contribution in [0.1, 0.15) is 50.9 Å². The van der Waals surface area contributed by atoms with Crippen LogP contribution in [-0.4, -0.2) is 72.9 Å². The summed E-state index contributed by atoms with van der Waals surface area (Å²) in [6.07, 6.45) is 2.22. The first-order valence-corrected chi connectivity index (χ1v) is 11.5. The summed E-state index contributed by atoms with van der Waals surface area (Å²) in [5, 5.41) is 7.31. The Morgan fingerprint density at radius 1 is 1.25 bits per heavy atom. The fourth-order valence-electron chi connectivity index (χ4n) is 3.89. The molecule has 0 radical (unpaired) electrons. The zero-order chi connectivity index (χ0) is 22.8. The van der Waals surface area contributed by atoms with Gasteiger partial charge in [0.1, 0.15) is 11.4 Å². The molecule has 11 heteroatoms. The molecule has 1 atom stereocenters. The number of hydrogen-bond acceptors (Lipinski definition) is 6. The molecule has 172 valence electrons. The molecular weight excluding hydrogens is 434 g/mol. The van der Waals surface area contributed by atoms with E-state index < -0.39 is 11.3 Å². The minimum Gasteiger partial charge on any atom is -0.760 e. The van der Waals surface area contributed by atoms with Crippen LogP contribution in [0.25, 0.3) is 0 Å². The predicted octanol–water partition coefficient (Wildman–Crippen LogP) is 0.788. The molecule has 2 heterocycles. The topological polar surface area (TPSA) is 120 Å². The van der Waals surface area contributed by atoms with E-state index in [1.54, 1.807) is 34.8 Å². The van der Waals surface area contributed by atoms with Crippen molar-refractivity contribution in [3.63, 3.8) is 0 Å². The highest BCUT2D eigenvalue weighted by Gasteiger charge is 2.28. The lowest BCUT2D eigenvalue weighted by Crippen LogP contribution is -2.49. The number of nitrogens with zero attached hydrogens (tertiary/aromatic N) is 4. The number of amides is 2. The predicted molar refractivity (Wildman–Crippen MR) is 116 cm³/mol. The summed E-state index contributed by atoms with van der Waals surface area (Å²) in [4.78, 5) is 27.4. The Kier molecular flexibility index (Phi) is 6.58. The minimum atomic E-state index is -2.28. The van der Waals surface area contributed by atoms with Gasteiger partial charge in [0.05, 0.1) is 18.4 Å². The van der Waals surface area contributed by atoms with Crippen molar-refractivity contribution in [3.05, 3.63) is 46.8 Å². The minimum absolute atomic E-state index is 0.190. The number of methoxy groups -OCH3 is 1. The lowest BCUT2D eigenvalue weighted by Gasteiger charge is -2.35. The van der Waals surface area contributed by atoms with Crippen molar-refractivity contribution in [1.29, 1.82) is 0 Å². The fraction of sp³-hybridized carbons (Fsp3) is 0.476. The Balaban J connectivity index is 1.45. The summed E-state index contributed by atoms with van der Waals surface area (Å²) in [6, 6.07) is 7.05. The molecule has 1 aliphatic carbocycles. The highest BCUT2D eigenvalue weighted by atomic mass is 32.2. The van der Waals surface area contributed by atoms with Crippen molar-refractivity contribution in [2.24, 2.45) is 7.05 Å². The first-order chi connectivity index (χ1) is 15.4. The van der Waals surface area contributed by atoms with E-state index >= 15 is 0 Å². The third kappa shape index (κ3) is 4.69. The van der Waals surface area contributed by atoms with Crippen LogP contribution < -0.4 is 10.1 Å². The van der Waals surface area contributed by atoms with Gasteiger partial charge in [-0.2, -0.15) is 5.10 Å². The summed E-state index contributed by atoms with van der Waals surface area (Å²) < 4.78 is 30.6. The average molecular weight is 461 g/mol. The van der Waals surface area contributed by atoms with Crippen LogP contribution in [0.5, 0.6) is 5.75 Å². The molecule has 1 saturated heterocycles. The molecule has 2 amide bonds. The molecule has 2 aliphatic rings. The van der Waals surface area contributed by atoms with Crippen LogP contribution in [0.15, 0.2) is 24.3 Å². The molecule has 2 fully saturated rings. The number of benzene rings is 1. The summed E-state index contributed by atoms with van der Waals surface area (Å²) in [6.45, 7) is 1.32. The molecule has 1 saturated carbocycles. The van der Waals surface area contributed by atoms with E-state index in [1.165, 1.54) is 11.4 Å². The van der Waals surface area contributed by atoms with Crippen molar-refractivity contribution in [1.82, 2.24) is 24.3 Å². The molecular formula is C21H26N5O5S-. The van der Waals surface area contributed by atoms with Crippen LogP contribution in [-0.2, 0) is 24.9 Å². The van der Waals surface area contributed by atoms with Crippen molar-refractivity contribution >= 4 is 23.1 Å². The lowest BCUT2D eigenvalue weighted by atomic mass is 10.1. The van der Waals surface area contributed by atoms with E-state index in [0.717, 1.165) is 18.5 Å². The monoisotopic (exact) mass is 460 g/mol.